The molecule has 2 unspecified atom stereocenters. The zero-order valence-corrected chi connectivity index (χ0v) is 53.0. The third kappa shape index (κ3) is 40.3. The number of benzene rings is 2. The van der Waals surface area contributed by atoms with Gasteiger partial charge in [-0.3, -0.25) is 62.3 Å². The number of aliphatic carboxylic acids is 4. The van der Waals surface area contributed by atoms with E-state index in [-0.39, 0.29) is 19.7 Å². The summed E-state index contributed by atoms with van der Waals surface area (Å²) < 4.78 is 31.8. The molecule has 506 valence electrons. The molecule has 0 heterocycles. The van der Waals surface area contributed by atoms with Gasteiger partial charge in [-0.15, -0.1) is 0 Å². The number of amides is 6. The second kappa shape index (κ2) is 39.2. The van der Waals surface area contributed by atoms with Crippen LogP contribution in [0.15, 0.2) is 60.7 Å². The Kier molecular flexibility index (Phi) is 34.9. The molecule has 0 bridgehead atoms. The van der Waals surface area contributed by atoms with Gasteiger partial charge in [-0.25, -0.2) is 9.59 Å². The summed E-state index contributed by atoms with van der Waals surface area (Å²) in [5.74, 6) is -13.2. The van der Waals surface area contributed by atoms with Crippen molar-refractivity contribution in [2.45, 2.75) is 156 Å². The van der Waals surface area contributed by atoms with Gasteiger partial charge >= 0.3 is 59.9 Å². The van der Waals surface area contributed by atoms with Crippen LogP contribution in [0.5, 0.6) is 0 Å². The van der Waals surface area contributed by atoms with E-state index < -0.39 is 196 Å². The third-order valence-electron chi connectivity index (χ3n) is 10.5. The van der Waals surface area contributed by atoms with Crippen LogP contribution in [-0.2, 0) is 104 Å². The molecule has 0 aromatic heterocycles. The van der Waals surface area contributed by atoms with Crippen molar-refractivity contribution in [1.29, 1.82) is 0 Å². The maximum atomic E-state index is 14.1. The van der Waals surface area contributed by atoms with E-state index in [0.29, 0.717) is 20.9 Å². The summed E-state index contributed by atoms with van der Waals surface area (Å²) in [5.41, 5.74) is -2.35. The van der Waals surface area contributed by atoms with Gasteiger partial charge in [0.1, 0.15) is 100 Å². The molecule has 32 nitrogen and oxygen atoms in total. The van der Waals surface area contributed by atoms with E-state index in [1.165, 1.54) is 0 Å². The lowest BCUT2D eigenvalue weighted by molar-refractivity contribution is -0.164. The maximum absolute atomic E-state index is 14.1. The van der Waals surface area contributed by atoms with Gasteiger partial charge in [0.15, 0.2) is 0 Å². The first-order valence-electron chi connectivity index (χ1n) is 27.8. The van der Waals surface area contributed by atoms with Crippen molar-refractivity contribution in [3.63, 3.8) is 0 Å². The molecule has 0 aliphatic heterocycles. The van der Waals surface area contributed by atoms with Gasteiger partial charge in [-0.1, -0.05) is 60.7 Å². The third-order valence-corrected chi connectivity index (χ3v) is 10.5. The minimum absolute atomic E-state index is 0.147. The molecule has 0 spiro atoms. The van der Waals surface area contributed by atoms with Gasteiger partial charge in [0.25, 0.3) is 6.47 Å². The summed E-state index contributed by atoms with van der Waals surface area (Å²) in [5, 5.41) is 47.3. The summed E-state index contributed by atoms with van der Waals surface area (Å²) in [6.45, 7) is 12.5. The molecule has 0 saturated heterocycles. The van der Waals surface area contributed by atoms with Gasteiger partial charge in [0, 0.05) is 12.8 Å². The van der Waals surface area contributed by atoms with Crippen LogP contribution in [0.1, 0.15) is 120 Å². The molecule has 7 N–H and O–H groups in total. The number of alkyl carbamates (subject to hydrolysis) is 2. The number of carbonyl (C=O) groups excluding carboxylic acids is 10. The number of ether oxygens (including phenoxy) is 6. The van der Waals surface area contributed by atoms with Crippen molar-refractivity contribution in [1.82, 2.24) is 30.2 Å². The summed E-state index contributed by atoms with van der Waals surface area (Å²) in [6.07, 6.45) is -4.20. The lowest BCUT2D eigenvalue weighted by Crippen LogP contribution is -2.52. The molecule has 2 atom stereocenters. The van der Waals surface area contributed by atoms with Crippen molar-refractivity contribution < 1.29 is 126 Å². The maximum Gasteiger partial charge on any atom is 0.408 e. The lowest BCUT2D eigenvalue weighted by Gasteiger charge is -2.30. The number of carboxylic acid groups (broad SMARTS) is 5. The smallest absolute Gasteiger partial charge is 0.408 e. The SMILES string of the molecule is CC(C)(C)OC(=O)CN(CC(=O)OC(C)(C)C)C(=O)CCC(NC(=O)OCc1ccccc1)C(=O)N(CC(=O)OC(C)(C)C)CC(=O)OC(C)(C)C.O=C(O)CN(CC(=O)O)C(=O)CCC(NC(=O)OCc1ccccc1)C(=O)N(CC(=O)O)CC(=O)O.O=CO. The summed E-state index contributed by atoms with van der Waals surface area (Å²) >= 11 is 0. The summed E-state index contributed by atoms with van der Waals surface area (Å²) in [4.78, 5) is 185. The highest BCUT2D eigenvalue weighted by Crippen LogP contribution is 2.16. The van der Waals surface area contributed by atoms with Crippen LogP contribution in [0.25, 0.3) is 0 Å². The molecular weight excluding hydrogens is 1210 g/mol. The topological polar surface area (TPSA) is 450 Å². The molecule has 2 aromatic rings. The summed E-state index contributed by atoms with van der Waals surface area (Å²) in [7, 11) is 0. The van der Waals surface area contributed by atoms with Gasteiger partial charge in [0.2, 0.25) is 23.6 Å². The van der Waals surface area contributed by atoms with E-state index in [2.05, 4.69) is 10.6 Å². The van der Waals surface area contributed by atoms with Crippen molar-refractivity contribution in [3.8, 4) is 0 Å². The zero-order valence-electron chi connectivity index (χ0n) is 53.0. The lowest BCUT2D eigenvalue weighted by atomic mass is 10.1. The first-order valence-corrected chi connectivity index (χ1v) is 27.8. The van der Waals surface area contributed by atoms with Gasteiger partial charge in [-0.2, -0.15) is 0 Å². The van der Waals surface area contributed by atoms with Gasteiger partial charge in [-0.05, 0) is 107 Å². The van der Waals surface area contributed by atoms with Crippen LogP contribution < -0.4 is 10.6 Å². The van der Waals surface area contributed by atoms with E-state index in [4.69, 9.17) is 58.7 Å². The molecule has 91 heavy (non-hydrogen) atoms. The van der Waals surface area contributed by atoms with Gasteiger partial charge in [0.05, 0.1) is 0 Å². The molecule has 0 fully saturated rings. The highest BCUT2D eigenvalue weighted by Gasteiger charge is 2.35. The Morgan fingerprint density at radius 3 is 0.890 bits per heavy atom. The van der Waals surface area contributed by atoms with Crippen LogP contribution in [-0.4, -0.2) is 222 Å². The molecule has 6 amide bonds. The number of rotatable bonds is 30. The molecule has 32 heteroatoms. The van der Waals surface area contributed by atoms with Crippen molar-refractivity contribution in [3.05, 3.63) is 71.8 Å². The molecule has 2 aromatic carbocycles. The van der Waals surface area contributed by atoms with Crippen molar-refractivity contribution >= 4 is 90.0 Å². The Balaban J connectivity index is 0.00000181. The van der Waals surface area contributed by atoms with Gasteiger partial charge < -0.3 is 84.2 Å². The zero-order chi connectivity index (χ0) is 70.0. The average Bonchev–Trinajstić information content (AvgIpc) is 3.52. The normalized spacial score (nSPS) is 11.6. The van der Waals surface area contributed by atoms with Crippen LogP contribution in [0.3, 0.4) is 0 Å². The Bertz CT molecular complexity index is 2710. The van der Waals surface area contributed by atoms with Crippen LogP contribution >= 0.6 is 0 Å². The fourth-order valence-corrected chi connectivity index (χ4v) is 7.28. The fraction of sp³-hybridized carbons (Fsp3) is 0.542. The molecule has 0 saturated carbocycles. The number of hydrogen-bond acceptors (Lipinski definition) is 21. The Hall–Kier alpha value is -9.91. The largest absolute Gasteiger partial charge is 0.483 e. The second-order valence-electron chi connectivity index (χ2n) is 23.5. The second-order valence-corrected chi connectivity index (χ2v) is 23.5. The van der Waals surface area contributed by atoms with Crippen molar-refractivity contribution in [2.75, 3.05) is 52.4 Å². The predicted octanol–water partition coefficient (Wildman–Crippen LogP) is 2.84. The highest BCUT2D eigenvalue weighted by atomic mass is 16.6. The number of hydrogen-bond donors (Lipinski definition) is 7. The fourth-order valence-electron chi connectivity index (χ4n) is 7.28. The number of esters is 4. The molecule has 0 aliphatic carbocycles. The van der Waals surface area contributed by atoms with E-state index in [0.717, 1.165) is 9.80 Å². The minimum Gasteiger partial charge on any atom is -0.483 e. The Morgan fingerprint density at radius 2 is 0.637 bits per heavy atom. The Labute approximate surface area is 525 Å². The van der Waals surface area contributed by atoms with E-state index in [9.17, 15) is 67.1 Å². The first kappa shape index (κ1) is 81.1. The molecular formula is C59H84N6O26. The average molecular weight is 1290 g/mol. The number of nitrogens with zero attached hydrogens (tertiary/aromatic N) is 4. The van der Waals surface area contributed by atoms with Crippen molar-refractivity contribution in [2.24, 2.45) is 0 Å². The molecule has 0 radical (unpaired) electrons. The standard InChI is InChI=1S/C37H57N3O12.C21H25N3O12.CH2O2/c1-34(2,3)49-28(42)20-39(21-29(43)50-35(4,5)6)27(41)19-18-26(38-33(47)48-24-25-16-14-13-15-17-25)32(46)40(22-30(44)51-36(7,8)9)23-31(45)52-37(10,11)12;25-15(23(8-16(26)27)9-17(28)29)7-6-14(20(34)24(10-18(30)31)11-19(32)33)22-21(35)36-12-13-4-2-1-3-5-13;2-1-3/h13-17,26H,18-24H2,1-12H3,(H,38,47);1-5,14H,6-12H2,(H,22,35)(H,26,27)(H,28,29)(H,30,31)(H,32,33);1H,(H,2,3). The molecule has 2 rings (SSSR count). The minimum atomic E-state index is -1.65. The number of carboxylic acids is 4. The summed E-state index contributed by atoms with van der Waals surface area (Å²) in [6, 6.07) is 14.0. The van der Waals surface area contributed by atoms with Crippen LogP contribution in [0.4, 0.5) is 9.59 Å². The van der Waals surface area contributed by atoms with Crippen LogP contribution in [0.2, 0.25) is 0 Å². The number of nitrogens with one attached hydrogen (secondary N) is 2. The van der Waals surface area contributed by atoms with E-state index in [1.54, 1.807) is 144 Å². The first-order chi connectivity index (χ1) is 41.9. The van der Waals surface area contributed by atoms with E-state index in [1.807, 2.05) is 0 Å². The predicted molar refractivity (Wildman–Crippen MR) is 315 cm³/mol. The highest BCUT2D eigenvalue weighted by molar-refractivity contribution is 5.93. The molecule has 0 aliphatic rings. The monoisotopic (exact) mass is 1290 g/mol. The van der Waals surface area contributed by atoms with Crippen LogP contribution in [0, 0.1) is 0 Å². The quantitative estimate of drug-likeness (QED) is 0.0336. The number of carbonyl (C=O) groups is 15. The van der Waals surface area contributed by atoms with E-state index >= 15 is 0 Å². The Morgan fingerprint density at radius 1 is 0.407 bits per heavy atom.